The molecule has 0 aliphatic carbocycles. The molecule has 1 aromatic rings. The van der Waals surface area contributed by atoms with E-state index in [0.717, 1.165) is 19.6 Å². The molecule has 0 spiro atoms. The van der Waals surface area contributed by atoms with Crippen LogP contribution < -0.4 is 5.32 Å². The molecule has 0 bridgehead atoms. The summed E-state index contributed by atoms with van der Waals surface area (Å²) in [7, 11) is 2.01. The van der Waals surface area contributed by atoms with Crippen molar-refractivity contribution < 1.29 is 14.3 Å². The van der Waals surface area contributed by atoms with E-state index in [9.17, 15) is 9.18 Å². The quantitative estimate of drug-likeness (QED) is 0.725. The van der Waals surface area contributed by atoms with Crippen molar-refractivity contribution in [1.29, 1.82) is 0 Å². The number of halogens is 1. The van der Waals surface area contributed by atoms with Gasteiger partial charge in [0.15, 0.2) is 0 Å². The Labute approximate surface area is 106 Å². The Bertz CT molecular complexity index is 410. The van der Waals surface area contributed by atoms with Crippen molar-refractivity contribution in [2.24, 2.45) is 0 Å². The van der Waals surface area contributed by atoms with Crippen LogP contribution >= 0.6 is 0 Å². The first-order valence-corrected chi connectivity index (χ1v) is 5.95. The zero-order chi connectivity index (χ0) is 13.5. The van der Waals surface area contributed by atoms with Gasteiger partial charge in [0.25, 0.3) is 0 Å². The van der Waals surface area contributed by atoms with E-state index in [1.165, 1.54) is 18.2 Å². The fourth-order valence-corrected chi connectivity index (χ4v) is 1.49. The second-order valence-corrected chi connectivity index (χ2v) is 4.18. The van der Waals surface area contributed by atoms with Crippen LogP contribution in [0.5, 0.6) is 0 Å². The van der Waals surface area contributed by atoms with Crippen molar-refractivity contribution in [3.63, 3.8) is 0 Å². The highest BCUT2D eigenvalue weighted by molar-refractivity contribution is 5.87. The molecule has 100 valence electrons. The summed E-state index contributed by atoms with van der Waals surface area (Å²) in [6.07, 6.45) is 0. The molecular formula is C13H19FN2O2. The fourth-order valence-electron chi connectivity index (χ4n) is 1.49. The Hall–Kier alpha value is -1.46. The second-order valence-electron chi connectivity index (χ2n) is 4.18. The molecule has 2 N–H and O–H groups in total. The van der Waals surface area contributed by atoms with Crippen molar-refractivity contribution in [3.8, 4) is 0 Å². The first kappa shape index (κ1) is 14.6. The topological polar surface area (TPSA) is 52.6 Å². The van der Waals surface area contributed by atoms with Gasteiger partial charge >= 0.3 is 5.97 Å². The highest BCUT2D eigenvalue weighted by Gasteiger charge is 2.07. The van der Waals surface area contributed by atoms with E-state index >= 15 is 0 Å². The molecule has 0 aliphatic heterocycles. The van der Waals surface area contributed by atoms with Crippen LogP contribution in [0.1, 0.15) is 22.8 Å². The van der Waals surface area contributed by atoms with E-state index in [1.54, 1.807) is 0 Å². The lowest BCUT2D eigenvalue weighted by atomic mass is 10.1. The number of likely N-dealkylation sites (N-methyl/N-ethyl adjacent to an activating group) is 1. The molecule has 1 rings (SSSR count). The van der Waals surface area contributed by atoms with Crippen molar-refractivity contribution >= 4 is 5.97 Å². The van der Waals surface area contributed by atoms with Gasteiger partial charge in [0, 0.05) is 25.2 Å². The number of rotatable bonds is 7. The van der Waals surface area contributed by atoms with Crippen LogP contribution in [-0.4, -0.2) is 42.7 Å². The number of hydrogen-bond acceptors (Lipinski definition) is 3. The number of hydrogen-bond donors (Lipinski definition) is 2. The summed E-state index contributed by atoms with van der Waals surface area (Å²) in [5.74, 6) is -1.42. The standard InChI is InChI=1S/C13H19FN2O2/c1-3-16(2)7-6-15-9-11-8-10(13(17)18)4-5-12(11)14/h4-5,8,15H,3,6-7,9H2,1-2H3,(H,17,18). The summed E-state index contributed by atoms with van der Waals surface area (Å²) in [6.45, 7) is 4.98. The van der Waals surface area contributed by atoms with Crippen molar-refractivity contribution in [3.05, 3.63) is 35.1 Å². The van der Waals surface area contributed by atoms with Crippen LogP contribution in [0.4, 0.5) is 4.39 Å². The maximum atomic E-state index is 13.4. The van der Waals surface area contributed by atoms with Crippen LogP contribution in [0.15, 0.2) is 18.2 Å². The lowest BCUT2D eigenvalue weighted by Gasteiger charge is -2.14. The summed E-state index contributed by atoms with van der Waals surface area (Å²) in [6, 6.07) is 3.83. The number of benzene rings is 1. The molecule has 0 fully saturated rings. The van der Waals surface area contributed by atoms with Gasteiger partial charge in [0.2, 0.25) is 0 Å². The van der Waals surface area contributed by atoms with E-state index in [0.29, 0.717) is 12.1 Å². The Morgan fingerprint density at radius 1 is 1.50 bits per heavy atom. The van der Waals surface area contributed by atoms with Crippen LogP contribution in [0, 0.1) is 5.82 Å². The first-order chi connectivity index (χ1) is 8.54. The highest BCUT2D eigenvalue weighted by atomic mass is 19.1. The van der Waals surface area contributed by atoms with E-state index in [-0.39, 0.29) is 11.4 Å². The molecule has 18 heavy (non-hydrogen) atoms. The van der Waals surface area contributed by atoms with Gasteiger partial charge in [-0.15, -0.1) is 0 Å². The lowest BCUT2D eigenvalue weighted by Crippen LogP contribution is -2.29. The fraction of sp³-hybridized carbons (Fsp3) is 0.462. The molecule has 0 radical (unpaired) electrons. The van der Waals surface area contributed by atoms with Crippen molar-refractivity contribution in [2.45, 2.75) is 13.5 Å². The maximum Gasteiger partial charge on any atom is 0.335 e. The average Bonchev–Trinajstić information content (AvgIpc) is 2.35. The molecular weight excluding hydrogens is 235 g/mol. The molecule has 0 aromatic heterocycles. The number of nitrogens with one attached hydrogen (secondary N) is 1. The highest BCUT2D eigenvalue weighted by Crippen LogP contribution is 2.10. The first-order valence-electron chi connectivity index (χ1n) is 5.95. The minimum Gasteiger partial charge on any atom is -0.478 e. The third-order valence-corrected chi connectivity index (χ3v) is 2.82. The predicted octanol–water partition coefficient (Wildman–Crippen LogP) is 1.57. The molecule has 1 aromatic carbocycles. The van der Waals surface area contributed by atoms with Crippen LogP contribution in [0.25, 0.3) is 0 Å². The largest absolute Gasteiger partial charge is 0.478 e. The van der Waals surface area contributed by atoms with Gasteiger partial charge in [-0.05, 0) is 31.8 Å². The lowest BCUT2D eigenvalue weighted by molar-refractivity contribution is 0.0696. The number of carbonyl (C=O) groups is 1. The maximum absolute atomic E-state index is 13.4. The van der Waals surface area contributed by atoms with E-state index < -0.39 is 5.97 Å². The predicted molar refractivity (Wildman–Crippen MR) is 68.2 cm³/mol. The van der Waals surface area contributed by atoms with E-state index in [4.69, 9.17) is 5.11 Å². The molecule has 0 amide bonds. The summed E-state index contributed by atoms with van der Waals surface area (Å²) >= 11 is 0. The summed E-state index contributed by atoms with van der Waals surface area (Å²) in [5.41, 5.74) is 0.493. The summed E-state index contributed by atoms with van der Waals surface area (Å²) in [4.78, 5) is 12.9. The van der Waals surface area contributed by atoms with Crippen LogP contribution in [-0.2, 0) is 6.54 Å². The minimum atomic E-state index is -1.04. The Morgan fingerprint density at radius 3 is 2.83 bits per heavy atom. The number of carboxylic acids is 1. The third-order valence-electron chi connectivity index (χ3n) is 2.82. The Morgan fingerprint density at radius 2 is 2.22 bits per heavy atom. The van der Waals surface area contributed by atoms with Crippen molar-refractivity contribution in [1.82, 2.24) is 10.2 Å². The number of carboxylic acid groups (broad SMARTS) is 1. The van der Waals surface area contributed by atoms with Gasteiger partial charge < -0.3 is 15.3 Å². The van der Waals surface area contributed by atoms with E-state index in [1.807, 2.05) is 7.05 Å². The zero-order valence-corrected chi connectivity index (χ0v) is 10.7. The molecule has 0 heterocycles. The summed E-state index contributed by atoms with van der Waals surface area (Å²) in [5, 5.41) is 11.9. The Balaban J connectivity index is 2.51. The molecule has 0 saturated carbocycles. The van der Waals surface area contributed by atoms with Gasteiger partial charge in [-0.25, -0.2) is 9.18 Å². The smallest absolute Gasteiger partial charge is 0.335 e. The van der Waals surface area contributed by atoms with Crippen molar-refractivity contribution in [2.75, 3.05) is 26.7 Å². The Kier molecular flexibility index (Phi) is 5.74. The molecule has 0 aliphatic rings. The third kappa shape index (κ3) is 4.43. The minimum absolute atomic E-state index is 0.110. The normalized spacial score (nSPS) is 10.9. The number of nitrogens with zero attached hydrogens (tertiary/aromatic N) is 1. The van der Waals surface area contributed by atoms with E-state index in [2.05, 4.69) is 17.1 Å². The molecule has 5 heteroatoms. The van der Waals surface area contributed by atoms with Gasteiger partial charge in [-0.2, -0.15) is 0 Å². The van der Waals surface area contributed by atoms with Gasteiger partial charge in [0.05, 0.1) is 5.56 Å². The van der Waals surface area contributed by atoms with Gasteiger partial charge in [-0.3, -0.25) is 0 Å². The molecule has 0 saturated heterocycles. The monoisotopic (exact) mass is 254 g/mol. The zero-order valence-electron chi connectivity index (χ0n) is 10.7. The molecule has 0 atom stereocenters. The molecule has 4 nitrogen and oxygen atoms in total. The number of aromatic carboxylic acids is 1. The van der Waals surface area contributed by atoms with Gasteiger partial charge in [0.1, 0.15) is 5.82 Å². The van der Waals surface area contributed by atoms with Crippen LogP contribution in [0.3, 0.4) is 0 Å². The average molecular weight is 254 g/mol. The van der Waals surface area contributed by atoms with Gasteiger partial charge in [-0.1, -0.05) is 6.92 Å². The van der Waals surface area contributed by atoms with Crippen LogP contribution in [0.2, 0.25) is 0 Å². The second kappa shape index (κ2) is 7.08. The molecule has 0 unspecified atom stereocenters. The SMILES string of the molecule is CCN(C)CCNCc1cc(C(=O)O)ccc1F. The summed E-state index contributed by atoms with van der Waals surface area (Å²) < 4.78 is 13.4.